The highest BCUT2D eigenvalue weighted by Gasteiger charge is 2.54. The van der Waals surface area contributed by atoms with E-state index in [1.165, 1.54) is 0 Å². The van der Waals surface area contributed by atoms with Gasteiger partial charge >= 0.3 is 5.97 Å². The molecule has 40 heavy (non-hydrogen) atoms. The maximum atomic E-state index is 13.7. The number of carboxylic acids is 1. The summed E-state index contributed by atoms with van der Waals surface area (Å²) in [6, 6.07) is 17.2. The van der Waals surface area contributed by atoms with Crippen molar-refractivity contribution in [1.82, 2.24) is 10.0 Å². The van der Waals surface area contributed by atoms with Crippen molar-refractivity contribution in [2.24, 2.45) is 11.3 Å². The Morgan fingerprint density at radius 3 is 2.45 bits per heavy atom. The molecule has 5 rings (SSSR count). The molecular formula is C29H30Cl2N2O5S2. The Morgan fingerprint density at radius 1 is 1.12 bits per heavy atom. The smallest absolute Gasteiger partial charge is 0.304 e. The standard InChI is InChI=1S/C29H30Cl2N2O5S2/c1-28(17-25(34)35)15-23(18-4-2-5-22(31)14-18)24(32-27(28)36)16-29(19-7-8-19,20-9-11-21(30)12-10-20)33-40(37,38)26-6-3-13-39-26/h2-6,9-14,19,23-24,33H,7-8,15-17H2,1H3,(H,32,36)(H,34,35)/t23-,24+,28+,29+/m1/s1. The number of carbonyl (C=O) groups is 2. The first-order valence-electron chi connectivity index (χ1n) is 13.0. The minimum atomic E-state index is -3.91. The Hall–Kier alpha value is -2.43. The van der Waals surface area contributed by atoms with Crippen molar-refractivity contribution in [3.05, 3.63) is 87.2 Å². The van der Waals surface area contributed by atoms with Crippen LogP contribution in [0.4, 0.5) is 0 Å². The largest absolute Gasteiger partial charge is 0.481 e. The third-order valence-electron chi connectivity index (χ3n) is 8.09. The summed E-state index contributed by atoms with van der Waals surface area (Å²) in [5.74, 6) is -1.73. The van der Waals surface area contributed by atoms with Gasteiger partial charge in [-0.05, 0) is 78.4 Å². The van der Waals surface area contributed by atoms with Gasteiger partial charge in [0.05, 0.1) is 17.4 Å². The number of rotatable bonds is 10. The SMILES string of the molecule is C[C@@]1(CC(=O)O)C[C@H](c2cccc(Cl)c2)[C@H](C[C@@](NS(=O)(=O)c2cccs2)(c2ccc(Cl)cc2)C2CC2)NC1=O. The summed E-state index contributed by atoms with van der Waals surface area (Å²) in [4.78, 5) is 25.2. The van der Waals surface area contributed by atoms with Gasteiger partial charge in [0.25, 0.3) is 10.0 Å². The number of carbonyl (C=O) groups excluding carboxylic acids is 1. The van der Waals surface area contributed by atoms with Crippen molar-refractivity contribution >= 4 is 56.4 Å². The Balaban J connectivity index is 1.61. The number of aliphatic carboxylic acids is 1. The van der Waals surface area contributed by atoms with E-state index in [2.05, 4.69) is 10.0 Å². The molecule has 1 aliphatic carbocycles. The normalized spacial score (nSPS) is 24.7. The lowest BCUT2D eigenvalue weighted by Gasteiger charge is -2.46. The molecule has 1 saturated carbocycles. The van der Waals surface area contributed by atoms with Gasteiger partial charge in [-0.25, -0.2) is 8.42 Å². The van der Waals surface area contributed by atoms with Crippen LogP contribution >= 0.6 is 34.5 Å². The summed E-state index contributed by atoms with van der Waals surface area (Å²) >= 11 is 13.7. The molecule has 11 heteroatoms. The van der Waals surface area contributed by atoms with Crippen LogP contribution in [0, 0.1) is 11.3 Å². The van der Waals surface area contributed by atoms with Gasteiger partial charge < -0.3 is 10.4 Å². The second-order valence-electron chi connectivity index (χ2n) is 11.1. The fourth-order valence-electron chi connectivity index (χ4n) is 6.01. The van der Waals surface area contributed by atoms with Crippen LogP contribution in [-0.4, -0.2) is 31.4 Å². The fraction of sp³-hybridized carbons (Fsp3) is 0.379. The number of hydrogen-bond donors (Lipinski definition) is 3. The molecule has 1 aliphatic heterocycles. The number of piperidine rings is 1. The fourth-order valence-corrected chi connectivity index (χ4v) is 8.79. The summed E-state index contributed by atoms with van der Waals surface area (Å²) in [6.07, 6.45) is 1.84. The van der Waals surface area contributed by atoms with E-state index in [1.54, 1.807) is 42.6 Å². The van der Waals surface area contributed by atoms with Crippen LogP contribution in [0.15, 0.2) is 70.3 Å². The summed E-state index contributed by atoms with van der Waals surface area (Å²) < 4.78 is 30.7. The van der Waals surface area contributed by atoms with Crippen LogP contribution in [0.25, 0.3) is 0 Å². The highest BCUT2D eigenvalue weighted by Crippen LogP contribution is 2.52. The predicted molar refractivity (Wildman–Crippen MR) is 156 cm³/mol. The zero-order chi connectivity index (χ0) is 28.7. The highest BCUT2D eigenvalue weighted by molar-refractivity contribution is 7.91. The number of amides is 1. The lowest BCUT2D eigenvalue weighted by atomic mass is 9.66. The highest BCUT2D eigenvalue weighted by atomic mass is 35.5. The monoisotopic (exact) mass is 620 g/mol. The Morgan fingerprint density at radius 2 is 1.85 bits per heavy atom. The average molecular weight is 622 g/mol. The summed E-state index contributed by atoms with van der Waals surface area (Å²) in [5, 5.41) is 15.5. The lowest BCUT2D eigenvalue weighted by molar-refractivity contribution is -0.147. The third-order valence-corrected chi connectivity index (χ3v) is 11.5. The summed E-state index contributed by atoms with van der Waals surface area (Å²) in [7, 11) is -3.91. The molecule has 7 nitrogen and oxygen atoms in total. The van der Waals surface area contributed by atoms with Gasteiger partial charge in [0.1, 0.15) is 4.21 Å². The maximum Gasteiger partial charge on any atom is 0.304 e. The molecule has 0 unspecified atom stereocenters. The predicted octanol–water partition coefficient (Wildman–Crippen LogP) is 6.18. The van der Waals surface area contributed by atoms with Crippen LogP contribution < -0.4 is 10.0 Å². The molecule has 3 N–H and O–H groups in total. The molecular weight excluding hydrogens is 591 g/mol. The van der Waals surface area contributed by atoms with E-state index in [4.69, 9.17) is 23.2 Å². The third kappa shape index (κ3) is 5.94. The van der Waals surface area contributed by atoms with Gasteiger partial charge in [0, 0.05) is 22.0 Å². The Labute approximate surface area is 248 Å². The zero-order valence-electron chi connectivity index (χ0n) is 21.8. The second kappa shape index (κ2) is 11.1. The minimum Gasteiger partial charge on any atom is -0.481 e. The van der Waals surface area contributed by atoms with Crippen molar-refractivity contribution in [3.63, 3.8) is 0 Å². The van der Waals surface area contributed by atoms with Gasteiger partial charge in [-0.2, -0.15) is 4.72 Å². The molecule has 3 aromatic rings. The number of thiophene rings is 1. The topological polar surface area (TPSA) is 113 Å². The minimum absolute atomic E-state index is 0.00680. The first kappa shape index (κ1) is 29.1. The molecule has 0 bridgehead atoms. The average Bonchev–Trinajstić information content (AvgIpc) is 3.59. The van der Waals surface area contributed by atoms with E-state index >= 15 is 0 Å². The Kier molecular flexibility index (Phi) is 8.07. The molecule has 4 atom stereocenters. The molecule has 1 amide bonds. The molecule has 2 aromatic carbocycles. The zero-order valence-corrected chi connectivity index (χ0v) is 24.9. The van der Waals surface area contributed by atoms with Crippen LogP contribution in [0.2, 0.25) is 10.0 Å². The molecule has 1 aromatic heterocycles. The van der Waals surface area contributed by atoms with E-state index in [0.29, 0.717) is 10.0 Å². The van der Waals surface area contributed by atoms with Gasteiger partial charge in [0.2, 0.25) is 5.91 Å². The first-order valence-corrected chi connectivity index (χ1v) is 16.2. The Bertz CT molecular complexity index is 1510. The summed E-state index contributed by atoms with van der Waals surface area (Å²) in [5.41, 5.74) is -0.564. The number of nitrogens with one attached hydrogen (secondary N) is 2. The number of benzene rings is 2. The quantitative estimate of drug-likeness (QED) is 0.250. The summed E-state index contributed by atoms with van der Waals surface area (Å²) in [6.45, 7) is 1.66. The van der Waals surface area contributed by atoms with Crippen molar-refractivity contribution in [1.29, 1.82) is 0 Å². The van der Waals surface area contributed by atoms with Crippen LogP contribution in [0.1, 0.15) is 56.1 Å². The van der Waals surface area contributed by atoms with Crippen molar-refractivity contribution < 1.29 is 23.1 Å². The lowest BCUT2D eigenvalue weighted by Crippen LogP contribution is -2.58. The molecule has 0 radical (unpaired) electrons. The molecule has 2 aliphatic rings. The molecule has 2 fully saturated rings. The number of hydrogen-bond acceptors (Lipinski definition) is 5. The van der Waals surface area contributed by atoms with E-state index in [0.717, 1.165) is 35.3 Å². The number of sulfonamides is 1. The number of halogens is 2. The van der Waals surface area contributed by atoms with Crippen molar-refractivity contribution in [2.45, 2.75) is 60.7 Å². The van der Waals surface area contributed by atoms with Gasteiger partial charge in [-0.15, -0.1) is 11.3 Å². The van der Waals surface area contributed by atoms with Gasteiger partial charge in [-0.3, -0.25) is 9.59 Å². The molecule has 1 saturated heterocycles. The second-order valence-corrected chi connectivity index (χ2v) is 14.8. The van der Waals surface area contributed by atoms with E-state index in [9.17, 15) is 23.1 Å². The van der Waals surface area contributed by atoms with Crippen molar-refractivity contribution in [2.75, 3.05) is 0 Å². The molecule has 2 heterocycles. The maximum absolute atomic E-state index is 13.7. The van der Waals surface area contributed by atoms with Gasteiger partial charge in [-0.1, -0.05) is 60.5 Å². The number of carboxylic acid groups (broad SMARTS) is 1. The van der Waals surface area contributed by atoms with Crippen molar-refractivity contribution in [3.8, 4) is 0 Å². The van der Waals surface area contributed by atoms with Crippen LogP contribution in [0.3, 0.4) is 0 Å². The molecule has 0 spiro atoms. The van der Waals surface area contributed by atoms with Crippen LogP contribution in [-0.2, 0) is 25.2 Å². The van der Waals surface area contributed by atoms with Crippen LogP contribution in [0.5, 0.6) is 0 Å². The van der Waals surface area contributed by atoms with E-state index in [1.807, 2.05) is 30.3 Å². The van der Waals surface area contributed by atoms with E-state index < -0.39 is 33.0 Å². The van der Waals surface area contributed by atoms with Gasteiger partial charge in [0.15, 0.2) is 0 Å². The van der Waals surface area contributed by atoms with E-state index in [-0.39, 0.29) is 41.2 Å². The molecule has 212 valence electrons. The first-order chi connectivity index (χ1) is 18.9.